The second kappa shape index (κ2) is 3.93. The van der Waals surface area contributed by atoms with Crippen molar-refractivity contribution in [3.8, 4) is 0 Å². The molecule has 1 aliphatic carbocycles. The number of nitrogens with two attached hydrogens (primary N) is 1. The van der Waals surface area contributed by atoms with Gasteiger partial charge in [-0.25, -0.2) is 0 Å². The first-order valence-electron chi connectivity index (χ1n) is 5.86. The smallest absolute Gasteiger partial charge is 0.153 e. The van der Waals surface area contributed by atoms with Crippen LogP contribution in [0.4, 0.5) is 0 Å². The largest absolute Gasteiger partial charge is 0.319 e. The van der Waals surface area contributed by atoms with Crippen molar-refractivity contribution in [3.05, 3.63) is 11.6 Å². The highest BCUT2D eigenvalue weighted by Gasteiger charge is 2.36. The van der Waals surface area contributed by atoms with E-state index in [2.05, 4.69) is 21.7 Å². The maximum Gasteiger partial charge on any atom is 0.153 e. The van der Waals surface area contributed by atoms with Crippen molar-refractivity contribution in [1.29, 1.82) is 0 Å². The lowest BCUT2D eigenvalue weighted by molar-refractivity contribution is 0.403. The third-order valence-electron chi connectivity index (χ3n) is 3.32. The molecule has 1 aromatic rings. The van der Waals surface area contributed by atoms with Gasteiger partial charge >= 0.3 is 0 Å². The van der Waals surface area contributed by atoms with Crippen LogP contribution >= 0.6 is 0 Å². The van der Waals surface area contributed by atoms with Gasteiger partial charge in [-0.1, -0.05) is 19.8 Å². The van der Waals surface area contributed by atoms with Crippen LogP contribution in [0.2, 0.25) is 0 Å². The molecule has 15 heavy (non-hydrogen) atoms. The van der Waals surface area contributed by atoms with E-state index in [1.54, 1.807) is 0 Å². The summed E-state index contributed by atoms with van der Waals surface area (Å²) in [6.45, 7) is 5.15. The topological polar surface area (TPSA) is 56.7 Å². The molecule has 0 radical (unpaired) electrons. The van der Waals surface area contributed by atoms with Gasteiger partial charge < -0.3 is 10.3 Å². The predicted octanol–water partition coefficient (Wildman–Crippen LogP) is 1.72. The molecular formula is C11H20N4. The molecule has 0 bridgehead atoms. The Labute approximate surface area is 90.9 Å². The Hall–Kier alpha value is -0.900. The van der Waals surface area contributed by atoms with Crippen LogP contribution in [0, 0.1) is 6.92 Å². The summed E-state index contributed by atoms with van der Waals surface area (Å²) in [4.78, 5) is 0. The summed E-state index contributed by atoms with van der Waals surface area (Å²) in [5.74, 6) is 1.99. The van der Waals surface area contributed by atoms with Crippen molar-refractivity contribution in [2.45, 2.75) is 58.0 Å². The first kappa shape index (κ1) is 10.6. The molecule has 4 heteroatoms. The van der Waals surface area contributed by atoms with Gasteiger partial charge in [-0.05, 0) is 26.2 Å². The molecular weight excluding hydrogens is 188 g/mol. The highest BCUT2D eigenvalue weighted by molar-refractivity contribution is 5.10. The van der Waals surface area contributed by atoms with E-state index in [0.717, 1.165) is 37.5 Å². The second-order valence-corrected chi connectivity index (χ2v) is 4.59. The molecule has 84 valence electrons. The first-order chi connectivity index (χ1) is 7.17. The SMILES string of the molecule is CCCn1c(C)nnc1C1(N)CCCC1. The minimum absolute atomic E-state index is 0.212. The molecule has 0 unspecified atom stereocenters. The summed E-state index contributed by atoms with van der Waals surface area (Å²) < 4.78 is 2.19. The van der Waals surface area contributed by atoms with Gasteiger partial charge in [-0.15, -0.1) is 10.2 Å². The Kier molecular flexibility index (Phi) is 2.78. The molecule has 0 aromatic carbocycles. The maximum absolute atomic E-state index is 6.40. The molecule has 1 heterocycles. The predicted molar refractivity (Wildman–Crippen MR) is 59.4 cm³/mol. The van der Waals surface area contributed by atoms with E-state index in [-0.39, 0.29) is 5.54 Å². The normalized spacial score (nSPS) is 19.7. The monoisotopic (exact) mass is 208 g/mol. The Morgan fingerprint density at radius 3 is 2.60 bits per heavy atom. The fraction of sp³-hybridized carbons (Fsp3) is 0.818. The third-order valence-corrected chi connectivity index (χ3v) is 3.32. The minimum Gasteiger partial charge on any atom is -0.319 e. The summed E-state index contributed by atoms with van der Waals surface area (Å²) in [6, 6.07) is 0. The molecule has 1 fully saturated rings. The maximum atomic E-state index is 6.40. The zero-order valence-corrected chi connectivity index (χ0v) is 9.66. The van der Waals surface area contributed by atoms with Crippen LogP contribution in [0.3, 0.4) is 0 Å². The molecule has 1 saturated carbocycles. The van der Waals surface area contributed by atoms with Gasteiger partial charge in [0.25, 0.3) is 0 Å². The average molecular weight is 208 g/mol. The molecule has 4 nitrogen and oxygen atoms in total. The Morgan fingerprint density at radius 1 is 1.33 bits per heavy atom. The van der Waals surface area contributed by atoms with Gasteiger partial charge in [0.05, 0.1) is 5.54 Å². The van der Waals surface area contributed by atoms with E-state index in [4.69, 9.17) is 5.73 Å². The van der Waals surface area contributed by atoms with Crippen molar-refractivity contribution in [1.82, 2.24) is 14.8 Å². The number of nitrogens with zero attached hydrogens (tertiary/aromatic N) is 3. The number of aromatic nitrogens is 3. The highest BCUT2D eigenvalue weighted by Crippen LogP contribution is 2.35. The zero-order chi connectivity index (χ0) is 10.9. The van der Waals surface area contributed by atoms with Crippen LogP contribution in [-0.2, 0) is 12.1 Å². The van der Waals surface area contributed by atoms with Gasteiger partial charge in [0, 0.05) is 6.54 Å². The summed E-state index contributed by atoms with van der Waals surface area (Å²) in [6.07, 6.45) is 5.63. The Balaban J connectivity index is 2.34. The summed E-state index contributed by atoms with van der Waals surface area (Å²) in [5, 5.41) is 8.43. The van der Waals surface area contributed by atoms with Gasteiger partial charge in [-0.3, -0.25) is 0 Å². The quantitative estimate of drug-likeness (QED) is 0.823. The lowest BCUT2D eigenvalue weighted by atomic mass is 9.98. The summed E-state index contributed by atoms with van der Waals surface area (Å²) in [5.41, 5.74) is 6.19. The number of hydrogen-bond donors (Lipinski definition) is 1. The van der Waals surface area contributed by atoms with Crippen LogP contribution in [0.15, 0.2) is 0 Å². The number of hydrogen-bond acceptors (Lipinski definition) is 3. The molecule has 0 spiro atoms. The van der Waals surface area contributed by atoms with Crippen molar-refractivity contribution >= 4 is 0 Å². The van der Waals surface area contributed by atoms with Gasteiger partial charge in [0.15, 0.2) is 5.82 Å². The van der Waals surface area contributed by atoms with Crippen LogP contribution in [-0.4, -0.2) is 14.8 Å². The fourth-order valence-electron chi connectivity index (χ4n) is 2.47. The molecule has 1 aromatic heterocycles. The average Bonchev–Trinajstić information content (AvgIpc) is 2.77. The van der Waals surface area contributed by atoms with E-state index in [1.165, 1.54) is 12.8 Å². The highest BCUT2D eigenvalue weighted by atomic mass is 15.3. The van der Waals surface area contributed by atoms with Crippen LogP contribution in [0.25, 0.3) is 0 Å². The Morgan fingerprint density at radius 2 is 2.00 bits per heavy atom. The van der Waals surface area contributed by atoms with Crippen LogP contribution in [0.5, 0.6) is 0 Å². The number of aryl methyl sites for hydroxylation is 1. The number of rotatable bonds is 3. The standard InChI is InChI=1S/C11H20N4/c1-3-8-15-9(2)13-14-10(15)11(12)6-4-5-7-11/h3-8,12H2,1-2H3. The summed E-state index contributed by atoms with van der Waals surface area (Å²) in [7, 11) is 0. The fourth-order valence-corrected chi connectivity index (χ4v) is 2.47. The van der Waals surface area contributed by atoms with Gasteiger partial charge in [0.2, 0.25) is 0 Å². The molecule has 2 N–H and O–H groups in total. The molecule has 1 aliphatic rings. The Bertz CT molecular complexity index is 336. The van der Waals surface area contributed by atoms with Crippen molar-refractivity contribution in [2.24, 2.45) is 5.73 Å². The molecule has 2 rings (SSSR count). The van der Waals surface area contributed by atoms with Crippen molar-refractivity contribution < 1.29 is 0 Å². The second-order valence-electron chi connectivity index (χ2n) is 4.59. The van der Waals surface area contributed by atoms with Crippen LogP contribution < -0.4 is 5.73 Å². The molecule has 0 atom stereocenters. The van der Waals surface area contributed by atoms with E-state index >= 15 is 0 Å². The van der Waals surface area contributed by atoms with Crippen LogP contribution in [0.1, 0.15) is 50.7 Å². The minimum atomic E-state index is -0.212. The van der Waals surface area contributed by atoms with E-state index in [1.807, 2.05) is 6.92 Å². The zero-order valence-electron chi connectivity index (χ0n) is 9.66. The molecule has 0 aliphatic heterocycles. The lowest BCUT2D eigenvalue weighted by Crippen LogP contribution is -2.36. The summed E-state index contributed by atoms with van der Waals surface area (Å²) >= 11 is 0. The van der Waals surface area contributed by atoms with E-state index in [0.29, 0.717) is 0 Å². The van der Waals surface area contributed by atoms with E-state index in [9.17, 15) is 0 Å². The molecule has 0 amide bonds. The third kappa shape index (κ3) is 1.78. The van der Waals surface area contributed by atoms with Crippen molar-refractivity contribution in [2.75, 3.05) is 0 Å². The lowest BCUT2D eigenvalue weighted by Gasteiger charge is -2.23. The molecule has 0 saturated heterocycles. The van der Waals surface area contributed by atoms with Gasteiger partial charge in [0.1, 0.15) is 5.82 Å². The van der Waals surface area contributed by atoms with Gasteiger partial charge in [-0.2, -0.15) is 0 Å². The first-order valence-corrected chi connectivity index (χ1v) is 5.86. The van der Waals surface area contributed by atoms with Crippen molar-refractivity contribution in [3.63, 3.8) is 0 Å². The van der Waals surface area contributed by atoms with E-state index < -0.39 is 0 Å².